The van der Waals surface area contributed by atoms with Gasteiger partial charge in [0.25, 0.3) is 5.91 Å². The van der Waals surface area contributed by atoms with Gasteiger partial charge in [-0.3, -0.25) is 14.6 Å². The smallest absolute Gasteiger partial charge is 0.290 e. The van der Waals surface area contributed by atoms with Crippen molar-refractivity contribution in [2.24, 2.45) is 0 Å². The first-order valence-electron chi connectivity index (χ1n) is 12.2. The number of hydrogen-bond acceptors (Lipinski definition) is 7. The largest absolute Gasteiger partial charge is 0.503 e. The van der Waals surface area contributed by atoms with Gasteiger partial charge in [0, 0.05) is 18.9 Å². The van der Waals surface area contributed by atoms with Crippen molar-refractivity contribution in [3.05, 3.63) is 89.3 Å². The Morgan fingerprint density at radius 1 is 1.08 bits per heavy atom. The first-order chi connectivity index (χ1) is 17.5. The molecule has 0 saturated carbocycles. The maximum absolute atomic E-state index is 13.4. The van der Waals surface area contributed by atoms with Crippen molar-refractivity contribution in [1.29, 1.82) is 0 Å². The molecule has 1 aromatic carbocycles. The van der Waals surface area contributed by atoms with Gasteiger partial charge < -0.3 is 23.9 Å². The molecular formula is C28H30N2O6. The average Bonchev–Trinajstić information content (AvgIpc) is 3.51. The molecule has 0 aliphatic carbocycles. The summed E-state index contributed by atoms with van der Waals surface area (Å²) in [6.45, 7) is 5.15. The van der Waals surface area contributed by atoms with Crippen molar-refractivity contribution in [3.8, 4) is 11.5 Å². The SMILES string of the molecule is CCCCCOc1ccc(C2C(C(=O)c3ccco3)=C(O)C(=O)N2Cc2ccncc2)cc1OCC. The number of Topliss-reactive ketones (excluding diaryl/α,β-unsaturated/α-hetero) is 1. The molecule has 4 rings (SSSR count). The lowest BCUT2D eigenvalue weighted by Gasteiger charge is -2.27. The van der Waals surface area contributed by atoms with E-state index in [0.29, 0.717) is 30.3 Å². The Kier molecular flexibility index (Phi) is 8.05. The van der Waals surface area contributed by atoms with Crippen LogP contribution in [0.1, 0.15) is 60.8 Å². The van der Waals surface area contributed by atoms with E-state index in [0.717, 1.165) is 24.8 Å². The van der Waals surface area contributed by atoms with Gasteiger partial charge in [-0.2, -0.15) is 0 Å². The molecule has 8 nitrogen and oxygen atoms in total. The number of ether oxygens (including phenoxy) is 2. The van der Waals surface area contributed by atoms with Crippen LogP contribution in [0.3, 0.4) is 0 Å². The van der Waals surface area contributed by atoms with Gasteiger partial charge in [0.1, 0.15) is 0 Å². The summed E-state index contributed by atoms with van der Waals surface area (Å²) in [4.78, 5) is 32.1. The van der Waals surface area contributed by atoms with Gasteiger partial charge in [-0.25, -0.2) is 0 Å². The maximum Gasteiger partial charge on any atom is 0.290 e. The van der Waals surface area contributed by atoms with Crippen LogP contribution in [-0.2, 0) is 11.3 Å². The molecule has 1 aliphatic heterocycles. The van der Waals surface area contributed by atoms with Gasteiger partial charge in [0.05, 0.1) is 31.1 Å². The molecule has 0 fully saturated rings. The predicted molar refractivity (Wildman–Crippen MR) is 133 cm³/mol. The average molecular weight is 491 g/mol. The number of rotatable bonds is 12. The number of hydrogen-bond donors (Lipinski definition) is 1. The molecule has 2 aromatic heterocycles. The summed E-state index contributed by atoms with van der Waals surface area (Å²) in [5, 5.41) is 10.9. The molecule has 36 heavy (non-hydrogen) atoms. The van der Waals surface area contributed by atoms with Crippen LogP contribution in [-0.4, -0.2) is 39.9 Å². The van der Waals surface area contributed by atoms with Gasteiger partial charge >= 0.3 is 0 Å². The zero-order valence-electron chi connectivity index (χ0n) is 20.5. The second-order valence-corrected chi connectivity index (χ2v) is 8.45. The molecule has 1 aliphatic rings. The molecule has 0 radical (unpaired) electrons. The molecule has 0 saturated heterocycles. The molecule has 188 valence electrons. The van der Waals surface area contributed by atoms with E-state index in [4.69, 9.17) is 13.9 Å². The van der Waals surface area contributed by atoms with Crippen molar-refractivity contribution in [1.82, 2.24) is 9.88 Å². The number of nitrogens with zero attached hydrogens (tertiary/aromatic N) is 2. The van der Waals surface area contributed by atoms with Crippen LogP contribution in [0, 0.1) is 0 Å². The van der Waals surface area contributed by atoms with Crippen LogP contribution in [0.2, 0.25) is 0 Å². The summed E-state index contributed by atoms with van der Waals surface area (Å²) in [6.07, 6.45) is 7.72. The third-order valence-electron chi connectivity index (χ3n) is 5.98. The Labute approximate surface area is 210 Å². The highest BCUT2D eigenvalue weighted by atomic mass is 16.5. The van der Waals surface area contributed by atoms with E-state index in [2.05, 4.69) is 11.9 Å². The lowest BCUT2D eigenvalue weighted by atomic mass is 9.94. The highest BCUT2D eigenvalue weighted by molar-refractivity contribution is 6.15. The van der Waals surface area contributed by atoms with Crippen LogP contribution >= 0.6 is 0 Å². The summed E-state index contributed by atoms with van der Waals surface area (Å²) < 4.78 is 17.1. The van der Waals surface area contributed by atoms with Crippen LogP contribution < -0.4 is 9.47 Å². The second kappa shape index (κ2) is 11.6. The minimum Gasteiger partial charge on any atom is -0.503 e. The van der Waals surface area contributed by atoms with E-state index < -0.39 is 23.5 Å². The summed E-state index contributed by atoms with van der Waals surface area (Å²) in [5.74, 6) is -0.627. The van der Waals surface area contributed by atoms with E-state index in [1.54, 1.807) is 48.8 Å². The number of pyridine rings is 1. The number of aliphatic hydroxyl groups is 1. The fourth-order valence-corrected chi connectivity index (χ4v) is 4.24. The zero-order valence-corrected chi connectivity index (χ0v) is 20.5. The molecule has 0 spiro atoms. The lowest BCUT2D eigenvalue weighted by Crippen LogP contribution is -2.30. The molecule has 3 heterocycles. The predicted octanol–water partition coefficient (Wildman–Crippen LogP) is 5.42. The number of aromatic nitrogens is 1. The number of furan rings is 1. The third-order valence-corrected chi connectivity index (χ3v) is 5.98. The minimum atomic E-state index is -0.850. The fraction of sp³-hybridized carbons (Fsp3) is 0.321. The Balaban J connectivity index is 1.74. The van der Waals surface area contributed by atoms with Crippen molar-refractivity contribution in [3.63, 3.8) is 0 Å². The lowest BCUT2D eigenvalue weighted by molar-refractivity contribution is -0.130. The number of amides is 1. The van der Waals surface area contributed by atoms with Crippen LogP contribution in [0.25, 0.3) is 0 Å². The highest BCUT2D eigenvalue weighted by Crippen LogP contribution is 2.42. The number of aliphatic hydroxyl groups excluding tert-OH is 1. The van der Waals surface area contributed by atoms with Gasteiger partial charge in [-0.05, 0) is 60.9 Å². The van der Waals surface area contributed by atoms with Crippen LogP contribution in [0.4, 0.5) is 0 Å². The Morgan fingerprint density at radius 3 is 2.58 bits per heavy atom. The van der Waals surface area contributed by atoms with E-state index in [9.17, 15) is 14.7 Å². The first-order valence-corrected chi connectivity index (χ1v) is 12.2. The maximum atomic E-state index is 13.4. The normalized spacial score (nSPS) is 15.4. The Bertz CT molecular complexity index is 1220. The first kappa shape index (κ1) is 25.0. The summed E-state index contributed by atoms with van der Waals surface area (Å²) in [6, 6.07) is 11.2. The number of benzene rings is 1. The number of ketones is 1. The molecule has 1 N–H and O–H groups in total. The number of unbranched alkanes of at least 4 members (excludes halogenated alkanes) is 2. The van der Waals surface area contributed by atoms with Crippen molar-refractivity contribution < 1.29 is 28.6 Å². The molecule has 1 atom stereocenters. The quantitative estimate of drug-likeness (QED) is 0.267. The molecule has 0 bridgehead atoms. The van der Waals surface area contributed by atoms with E-state index in [1.165, 1.54) is 17.2 Å². The molecule has 3 aromatic rings. The van der Waals surface area contributed by atoms with Gasteiger partial charge in [-0.15, -0.1) is 0 Å². The minimum absolute atomic E-state index is 0.0388. The zero-order chi connectivity index (χ0) is 25.5. The third kappa shape index (κ3) is 5.27. The second-order valence-electron chi connectivity index (χ2n) is 8.45. The van der Waals surface area contributed by atoms with Crippen molar-refractivity contribution >= 4 is 11.7 Å². The highest BCUT2D eigenvalue weighted by Gasteiger charge is 2.44. The Morgan fingerprint density at radius 2 is 1.89 bits per heavy atom. The van der Waals surface area contributed by atoms with E-state index >= 15 is 0 Å². The molecular weight excluding hydrogens is 460 g/mol. The van der Waals surface area contributed by atoms with E-state index in [1.807, 2.05) is 6.92 Å². The Hall–Kier alpha value is -4.07. The monoisotopic (exact) mass is 490 g/mol. The van der Waals surface area contributed by atoms with Crippen LogP contribution in [0.5, 0.6) is 11.5 Å². The van der Waals surface area contributed by atoms with E-state index in [-0.39, 0.29) is 17.9 Å². The van der Waals surface area contributed by atoms with Crippen molar-refractivity contribution in [2.45, 2.75) is 45.7 Å². The topological polar surface area (TPSA) is 102 Å². The molecule has 1 amide bonds. The van der Waals surface area contributed by atoms with Crippen molar-refractivity contribution in [2.75, 3.05) is 13.2 Å². The summed E-state index contributed by atoms with van der Waals surface area (Å²) in [5.41, 5.74) is 1.38. The fourth-order valence-electron chi connectivity index (χ4n) is 4.24. The summed E-state index contributed by atoms with van der Waals surface area (Å²) in [7, 11) is 0. The van der Waals surface area contributed by atoms with Gasteiger partial charge in [0.2, 0.25) is 5.78 Å². The molecule has 1 unspecified atom stereocenters. The van der Waals surface area contributed by atoms with Gasteiger partial charge in [0.15, 0.2) is 23.0 Å². The number of carbonyl (C=O) groups is 2. The standard InChI is InChI=1S/C28H30N2O6/c1-3-5-6-15-35-21-10-9-20(17-23(21)34-4-2)25-24(26(31)22-8-7-16-36-22)27(32)28(33)30(25)18-19-11-13-29-14-12-19/h7-14,16-17,25,32H,3-6,15,18H2,1-2H3. The summed E-state index contributed by atoms with van der Waals surface area (Å²) >= 11 is 0. The van der Waals surface area contributed by atoms with Crippen LogP contribution in [0.15, 0.2) is 76.9 Å². The molecule has 8 heteroatoms. The number of carbonyl (C=O) groups excluding carboxylic acids is 2. The van der Waals surface area contributed by atoms with Gasteiger partial charge in [-0.1, -0.05) is 25.8 Å².